The monoisotopic (exact) mass is 329 g/mol. The largest absolute Gasteiger partial charge is 0.479 e. The molecule has 2 heterocycles. The van der Waals surface area contributed by atoms with Crippen LogP contribution in [0.25, 0.3) is 0 Å². The number of carbonyl (C=O) groups is 2. The van der Waals surface area contributed by atoms with Gasteiger partial charge >= 0.3 is 5.97 Å². The molecule has 124 valence electrons. The van der Waals surface area contributed by atoms with E-state index in [-0.39, 0.29) is 19.1 Å². The fraction of sp³-hybridized carbons (Fsp3) is 0.250. The van der Waals surface area contributed by atoms with Gasteiger partial charge in [0.1, 0.15) is 5.75 Å². The van der Waals surface area contributed by atoms with Crippen LogP contribution in [0.4, 0.5) is 0 Å². The Hall–Kier alpha value is -3.00. The SMILES string of the molecule is O=C(O)[C@H]1CN(C(=O)c2cccc(Oc3cnccn3)c2)CCO1. The topological polar surface area (TPSA) is 102 Å². The predicted molar refractivity (Wildman–Crippen MR) is 81.8 cm³/mol. The molecular weight excluding hydrogens is 314 g/mol. The number of nitrogens with zero attached hydrogens (tertiary/aromatic N) is 3. The van der Waals surface area contributed by atoms with Gasteiger partial charge in [-0.3, -0.25) is 9.78 Å². The highest BCUT2D eigenvalue weighted by Gasteiger charge is 2.29. The van der Waals surface area contributed by atoms with Crippen molar-refractivity contribution in [2.75, 3.05) is 19.7 Å². The lowest BCUT2D eigenvalue weighted by atomic mass is 10.1. The van der Waals surface area contributed by atoms with E-state index in [4.69, 9.17) is 14.6 Å². The van der Waals surface area contributed by atoms with Gasteiger partial charge in [-0.2, -0.15) is 0 Å². The summed E-state index contributed by atoms with van der Waals surface area (Å²) in [6.07, 6.45) is 3.50. The number of hydrogen-bond donors (Lipinski definition) is 1. The van der Waals surface area contributed by atoms with Crippen molar-refractivity contribution in [2.45, 2.75) is 6.10 Å². The molecule has 3 rings (SSSR count). The first-order chi connectivity index (χ1) is 11.6. The summed E-state index contributed by atoms with van der Waals surface area (Å²) in [6.45, 7) is 0.555. The van der Waals surface area contributed by atoms with Gasteiger partial charge in [0, 0.05) is 24.5 Å². The molecule has 1 fully saturated rings. The molecule has 0 saturated carbocycles. The summed E-state index contributed by atoms with van der Waals surface area (Å²) < 4.78 is 10.7. The van der Waals surface area contributed by atoms with E-state index in [0.29, 0.717) is 23.7 Å². The van der Waals surface area contributed by atoms with Crippen LogP contribution in [0.3, 0.4) is 0 Å². The minimum Gasteiger partial charge on any atom is -0.479 e. The Morgan fingerprint density at radius 1 is 1.33 bits per heavy atom. The number of carbonyl (C=O) groups excluding carboxylic acids is 1. The van der Waals surface area contributed by atoms with Crippen molar-refractivity contribution in [1.82, 2.24) is 14.9 Å². The average molecular weight is 329 g/mol. The quantitative estimate of drug-likeness (QED) is 0.899. The number of aromatic nitrogens is 2. The summed E-state index contributed by atoms with van der Waals surface area (Å²) in [7, 11) is 0. The van der Waals surface area contributed by atoms with Gasteiger partial charge in [-0.1, -0.05) is 6.07 Å². The molecule has 1 aromatic heterocycles. The number of amides is 1. The van der Waals surface area contributed by atoms with Gasteiger partial charge in [-0.25, -0.2) is 9.78 Å². The Balaban J connectivity index is 1.73. The van der Waals surface area contributed by atoms with E-state index in [9.17, 15) is 9.59 Å². The van der Waals surface area contributed by atoms with Crippen LogP contribution in [0.1, 0.15) is 10.4 Å². The van der Waals surface area contributed by atoms with E-state index in [2.05, 4.69) is 9.97 Å². The molecule has 0 radical (unpaired) electrons. The molecule has 1 atom stereocenters. The normalized spacial score (nSPS) is 17.3. The van der Waals surface area contributed by atoms with E-state index in [1.54, 1.807) is 24.3 Å². The predicted octanol–water partition coefficient (Wildman–Crippen LogP) is 1.19. The second kappa shape index (κ2) is 7.05. The highest BCUT2D eigenvalue weighted by atomic mass is 16.5. The highest BCUT2D eigenvalue weighted by Crippen LogP contribution is 2.21. The zero-order valence-electron chi connectivity index (χ0n) is 12.7. The second-order valence-electron chi connectivity index (χ2n) is 5.12. The molecule has 8 nitrogen and oxygen atoms in total. The average Bonchev–Trinajstić information content (AvgIpc) is 2.62. The lowest BCUT2D eigenvalue weighted by Crippen LogP contribution is -2.48. The Morgan fingerprint density at radius 3 is 2.96 bits per heavy atom. The van der Waals surface area contributed by atoms with E-state index in [0.717, 1.165) is 0 Å². The fourth-order valence-corrected chi connectivity index (χ4v) is 2.32. The van der Waals surface area contributed by atoms with Crippen LogP contribution >= 0.6 is 0 Å². The van der Waals surface area contributed by atoms with Crippen LogP contribution in [-0.2, 0) is 9.53 Å². The molecule has 8 heteroatoms. The fourth-order valence-electron chi connectivity index (χ4n) is 2.32. The molecule has 1 aliphatic rings. The lowest BCUT2D eigenvalue weighted by Gasteiger charge is -2.31. The van der Waals surface area contributed by atoms with Gasteiger partial charge in [0.25, 0.3) is 5.91 Å². The summed E-state index contributed by atoms with van der Waals surface area (Å²) in [6, 6.07) is 6.62. The first-order valence-corrected chi connectivity index (χ1v) is 7.31. The number of aliphatic carboxylic acids is 1. The molecule has 0 bridgehead atoms. The molecule has 0 aliphatic carbocycles. The van der Waals surface area contributed by atoms with Gasteiger partial charge < -0.3 is 19.5 Å². The minimum absolute atomic E-state index is 0.0173. The number of ether oxygens (including phenoxy) is 2. The van der Waals surface area contributed by atoms with Crippen LogP contribution in [0, 0.1) is 0 Å². The van der Waals surface area contributed by atoms with E-state index in [1.807, 2.05) is 0 Å². The summed E-state index contributed by atoms with van der Waals surface area (Å²) >= 11 is 0. The summed E-state index contributed by atoms with van der Waals surface area (Å²) in [5.41, 5.74) is 0.405. The zero-order valence-corrected chi connectivity index (χ0v) is 12.7. The Kier molecular flexibility index (Phi) is 4.66. The Morgan fingerprint density at radius 2 is 2.21 bits per heavy atom. The molecule has 1 aliphatic heterocycles. The third kappa shape index (κ3) is 3.66. The van der Waals surface area contributed by atoms with Crippen molar-refractivity contribution in [3.05, 3.63) is 48.4 Å². The molecular formula is C16H15N3O5. The third-order valence-corrected chi connectivity index (χ3v) is 3.47. The second-order valence-corrected chi connectivity index (χ2v) is 5.12. The van der Waals surface area contributed by atoms with Gasteiger partial charge in [-0.05, 0) is 18.2 Å². The maximum absolute atomic E-state index is 12.6. The minimum atomic E-state index is -1.08. The van der Waals surface area contributed by atoms with Crippen molar-refractivity contribution in [3.63, 3.8) is 0 Å². The first-order valence-electron chi connectivity index (χ1n) is 7.31. The number of rotatable bonds is 4. The number of hydrogen-bond acceptors (Lipinski definition) is 6. The smallest absolute Gasteiger partial charge is 0.334 e. The van der Waals surface area contributed by atoms with E-state index < -0.39 is 12.1 Å². The van der Waals surface area contributed by atoms with Crippen LogP contribution in [0.2, 0.25) is 0 Å². The standard InChI is InChI=1S/C16H15N3O5/c20-15(19-6-7-23-13(10-19)16(21)22)11-2-1-3-12(8-11)24-14-9-17-4-5-18-14/h1-5,8-9,13H,6-7,10H2,(H,21,22)/t13-/m1/s1. The van der Waals surface area contributed by atoms with Gasteiger partial charge in [0.2, 0.25) is 5.88 Å². The molecule has 24 heavy (non-hydrogen) atoms. The van der Waals surface area contributed by atoms with Crippen molar-refractivity contribution < 1.29 is 24.2 Å². The molecule has 0 spiro atoms. The molecule has 2 aromatic rings. The number of morpholine rings is 1. The van der Waals surface area contributed by atoms with Crippen molar-refractivity contribution >= 4 is 11.9 Å². The summed E-state index contributed by atoms with van der Waals surface area (Å²) in [4.78, 5) is 33.0. The number of carboxylic acids is 1. The highest BCUT2D eigenvalue weighted by molar-refractivity contribution is 5.95. The molecule has 1 aromatic carbocycles. The van der Waals surface area contributed by atoms with Gasteiger partial charge in [-0.15, -0.1) is 0 Å². The molecule has 0 unspecified atom stereocenters. The molecule has 1 saturated heterocycles. The lowest BCUT2D eigenvalue weighted by molar-refractivity contribution is -0.154. The number of benzene rings is 1. The van der Waals surface area contributed by atoms with Crippen molar-refractivity contribution in [3.8, 4) is 11.6 Å². The maximum atomic E-state index is 12.6. The van der Waals surface area contributed by atoms with Crippen LogP contribution in [-0.4, -0.2) is 57.7 Å². The summed E-state index contributed by atoms with van der Waals surface area (Å²) in [5.74, 6) is -0.579. The summed E-state index contributed by atoms with van der Waals surface area (Å²) in [5, 5.41) is 9.02. The third-order valence-electron chi connectivity index (χ3n) is 3.47. The van der Waals surface area contributed by atoms with Gasteiger partial charge in [0.05, 0.1) is 19.3 Å². The Bertz CT molecular complexity index is 738. The zero-order chi connectivity index (χ0) is 16.9. The van der Waals surface area contributed by atoms with Crippen LogP contribution < -0.4 is 4.74 Å². The van der Waals surface area contributed by atoms with E-state index >= 15 is 0 Å². The van der Waals surface area contributed by atoms with Crippen molar-refractivity contribution in [1.29, 1.82) is 0 Å². The first kappa shape index (κ1) is 15.9. The maximum Gasteiger partial charge on any atom is 0.334 e. The van der Waals surface area contributed by atoms with Gasteiger partial charge in [0.15, 0.2) is 6.10 Å². The van der Waals surface area contributed by atoms with Crippen molar-refractivity contribution in [2.24, 2.45) is 0 Å². The van der Waals surface area contributed by atoms with Crippen LogP contribution in [0.15, 0.2) is 42.9 Å². The number of carboxylic acid groups (broad SMARTS) is 1. The molecule has 1 N–H and O–H groups in total. The van der Waals surface area contributed by atoms with E-state index in [1.165, 1.54) is 23.5 Å². The van der Waals surface area contributed by atoms with Crippen LogP contribution in [0.5, 0.6) is 11.6 Å². The Labute approximate surface area is 137 Å². The molecule has 1 amide bonds.